The van der Waals surface area contributed by atoms with Crippen molar-refractivity contribution in [2.75, 3.05) is 0 Å². The van der Waals surface area contributed by atoms with Crippen molar-refractivity contribution in [3.63, 3.8) is 0 Å². The summed E-state index contributed by atoms with van der Waals surface area (Å²) in [5.41, 5.74) is 6.39. The zero-order valence-electron chi connectivity index (χ0n) is 10.6. The maximum Gasteiger partial charge on any atom is 0.189 e. The van der Waals surface area contributed by atoms with E-state index in [0.717, 1.165) is 5.56 Å². The molecule has 1 aromatic rings. The molecule has 0 saturated heterocycles. The molecule has 3 nitrogen and oxygen atoms in total. The van der Waals surface area contributed by atoms with E-state index in [-0.39, 0.29) is 34.5 Å². The van der Waals surface area contributed by atoms with Crippen LogP contribution in [0.1, 0.15) is 26.3 Å². The van der Waals surface area contributed by atoms with Crippen LogP contribution < -0.4 is 11.1 Å². The van der Waals surface area contributed by atoms with Crippen LogP contribution in [0.15, 0.2) is 23.2 Å². The first-order valence-corrected chi connectivity index (χ1v) is 5.68. The molecule has 0 radical (unpaired) electrons. The summed E-state index contributed by atoms with van der Waals surface area (Å²) in [7, 11) is 0. The van der Waals surface area contributed by atoms with E-state index >= 15 is 0 Å². The van der Waals surface area contributed by atoms with Crippen LogP contribution in [-0.4, -0.2) is 11.5 Å². The van der Waals surface area contributed by atoms with Gasteiger partial charge in [0.2, 0.25) is 0 Å². The van der Waals surface area contributed by atoms with Crippen molar-refractivity contribution in [1.82, 2.24) is 5.32 Å². The van der Waals surface area contributed by atoms with Crippen LogP contribution in [0.4, 0.5) is 4.39 Å². The summed E-state index contributed by atoms with van der Waals surface area (Å²) < 4.78 is 12.9. The van der Waals surface area contributed by atoms with Gasteiger partial charge in [-0.25, -0.2) is 9.38 Å². The first-order chi connectivity index (χ1) is 7.78. The minimum absolute atomic E-state index is 0. The lowest BCUT2D eigenvalue weighted by atomic mass is 10.1. The third kappa shape index (κ3) is 6.39. The van der Waals surface area contributed by atoms with E-state index in [4.69, 9.17) is 17.3 Å². The summed E-state index contributed by atoms with van der Waals surface area (Å²) in [4.78, 5) is 4.15. The van der Waals surface area contributed by atoms with Gasteiger partial charge in [-0.05, 0) is 38.5 Å². The number of nitrogens with one attached hydrogen (secondary N) is 1. The average molecular weight is 386 g/mol. The summed E-state index contributed by atoms with van der Waals surface area (Å²) in [5.74, 6) is -0.0712. The van der Waals surface area contributed by atoms with Gasteiger partial charge < -0.3 is 11.1 Å². The van der Waals surface area contributed by atoms with Crippen LogP contribution in [0.5, 0.6) is 0 Å². The maximum atomic E-state index is 12.9. The highest BCUT2D eigenvalue weighted by molar-refractivity contribution is 14.0. The van der Waals surface area contributed by atoms with Crippen LogP contribution in [0.25, 0.3) is 0 Å². The van der Waals surface area contributed by atoms with Crippen LogP contribution in [0, 0.1) is 5.82 Å². The van der Waals surface area contributed by atoms with Crippen molar-refractivity contribution in [1.29, 1.82) is 0 Å². The second-order valence-corrected chi connectivity index (χ2v) is 5.23. The lowest BCUT2D eigenvalue weighted by molar-refractivity contribution is 0.508. The van der Waals surface area contributed by atoms with Crippen molar-refractivity contribution in [2.24, 2.45) is 10.7 Å². The molecule has 0 aliphatic heterocycles. The number of halogens is 3. The Bertz CT molecular complexity index is 430. The number of guanidine groups is 1. The zero-order chi connectivity index (χ0) is 13.1. The molecular formula is C12H18ClFIN3. The largest absolute Gasteiger partial charge is 0.370 e. The average Bonchev–Trinajstić information content (AvgIpc) is 2.17. The van der Waals surface area contributed by atoms with Crippen molar-refractivity contribution in [3.8, 4) is 0 Å². The Morgan fingerprint density at radius 3 is 2.56 bits per heavy atom. The number of rotatable bonds is 2. The molecule has 1 aromatic carbocycles. The Kier molecular flexibility index (Phi) is 6.91. The van der Waals surface area contributed by atoms with Crippen LogP contribution in [-0.2, 0) is 6.54 Å². The summed E-state index contributed by atoms with van der Waals surface area (Å²) in [6.45, 7) is 6.34. The zero-order valence-corrected chi connectivity index (χ0v) is 13.7. The number of nitrogens with two attached hydrogens (primary N) is 1. The van der Waals surface area contributed by atoms with E-state index in [2.05, 4.69) is 10.3 Å². The minimum Gasteiger partial charge on any atom is -0.370 e. The standard InChI is InChI=1S/C12H17ClFN3.HI/c1-12(2,3)17-11(15)16-7-8-4-5-10(14)9(13)6-8;/h4-6H,7H2,1-3H3,(H3,15,16,17);1H. The first kappa shape index (κ1) is 17.4. The Labute approximate surface area is 129 Å². The van der Waals surface area contributed by atoms with E-state index in [1.807, 2.05) is 20.8 Å². The number of hydrogen-bond donors (Lipinski definition) is 2. The highest BCUT2D eigenvalue weighted by atomic mass is 127. The highest BCUT2D eigenvalue weighted by Gasteiger charge is 2.09. The molecule has 102 valence electrons. The SMILES string of the molecule is CC(C)(C)NC(N)=NCc1ccc(F)c(Cl)c1.I. The van der Waals surface area contributed by atoms with Gasteiger partial charge in [-0.1, -0.05) is 17.7 Å². The molecule has 3 N–H and O–H groups in total. The molecule has 0 fully saturated rings. The maximum absolute atomic E-state index is 12.9. The Morgan fingerprint density at radius 2 is 2.06 bits per heavy atom. The molecule has 0 aromatic heterocycles. The van der Waals surface area contributed by atoms with Gasteiger partial charge >= 0.3 is 0 Å². The predicted octanol–water partition coefficient (Wildman–Crippen LogP) is 3.30. The predicted molar refractivity (Wildman–Crippen MR) is 85.0 cm³/mol. The van der Waals surface area contributed by atoms with Crippen molar-refractivity contribution >= 4 is 41.5 Å². The van der Waals surface area contributed by atoms with Crippen LogP contribution in [0.3, 0.4) is 0 Å². The van der Waals surface area contributed by atoms with Gasteiger partial charge in [-0.15, -0.1) is 24.0 Å². The fraction of sp³-hybridized carbons (Fsp3) is 0.417. The summed E-state index contributed by atoms with van der Waals surface area (Å²) in [6, 6.07) is 4.50. The van der Waals surface area contributed by atoms with Gasteiger partial charge in [-0.3, -0.25) is 0 Å². The lowest BCUT2D eigenvalue weighted by Gasteiger charge is -2.20. The lowest BCUT2D eigenvalue weighted by Crippen LogP contribution is -2.44. The second-order valence-electron chi connectivity index (χ2n) is 4.82. The smallest absolute Gasteiger partial charge is 0.189 e. The van der Waals surface area contributed by atoms with Crippen molar-refractivity contribution in [3.05, 3.63) is 34.6 Å². The summed E-state index contributed by atoms with van der Waals surface area (Å²) in [5, 5.41) is 3.13. The molecular weight excluding hydrogens is 368 g/mol. The molecule has 0 saturated carbocycles. The molecule has 6 heteroatoms. The highest BCUT2D eigenvalue weighted by Crippen LogP contribution is 2.16. The van der Waals surface area contributed by atoms with Crippen molar-refractivity contribution < 1.29 is 4.39 Å². The molecule has 1 rings (SSSR count). The molecule has 0 amide bonds. The Balaban J connectivity index is 0.00000289. The van der Waals surface area contributed by atoms with E-state index in [0.29, 0.717) is 12.5 Å². The number of nitrogens with zero attached hydrogens (tertiary/aromatic N) is 1. The van der Waals surface area contributed by atoms with E-state index in [1.165, 1.54) is 6.07 Å². The van der Waals surface area contributed by atoms with Crippen LogP contribution in [0.2, 0.25) is 5.02 Å². The van der Waals surface area contributed by atoms with Crippen molar-refractivity contribution in [2.45, 2.75) is 32.9 Å². The fourth-order valence-electron chi connectivity index (χ4n) is 1.24. The van der Waals surface area contributed by atoms with Crippen LogP contribution >= 0.6 is 35.6 Å². The quantitative estimate of drug-likeness (QED) is 0.466. The molecule has 0 spiro atoms. The topological polar surface area (TPSA) is 50.4 Å². The van der Waals surface area contributed by atoms with Gasteiger partial charge in [0.05, 0.1) is 11.6 Å². The second kappa shape index (κ2) is 7.13. The third-order valence-electron chi connectivity index (χ3n) is 1.92. The molecule has 0 atom stereocenters. The summed E-state index contributed by atoms with van der Waals surface area (Å²) in [6.07, 6.45) is 0. The number of hydrogen-bond acceptors (Lipinski definition) is 1. The van der Waals surface area contributed by atoms with E-state index in [9.17, 15) is 4.39 Å². The molecule has 18 heavy (non-hydrogen) atoms. The van der Waals surface area contributed by atoms with Gasteiger partial charge in [0.25, 0.3) is 0 Å². The molecule has 0 heterocycles. The number of benzene rings is 1. The fourth-order valence-corrected chi connectivity index (χ4v) is 1.44. The first-order valence-electron chi connectivity index (χ1n) is 5.30. The Hall–Kier alpha value is -0.560. The molecule has 0 aliphatic rings. The third-order valence-corrected chi connectivity index (χ3v) is 2.21. The monoisotopic (exact) mass is 385 g/mol. The molecule has 0 aliphatic carbocycles. The molecule has 0 unspecified atom stereocenters. The van der Waals surface area contributed by atoms with E-state index in [1.54, 1.807) is 12.1 Å². The number of aliphatic imine (C=N–C) groups is 1. The van der Waals surface area contributed by atoms with E-state index < -0.39 is 5.82 Å². The van der Waals surface area contributed by atoms with Gasteiger partial charge in [0.15, 0.2) is 5.96 Å². The Morgan fingerprint density at radius 1 is 1.44 bits per heavy atom. The normalized spacial score (nSPS) is 11.9. The summed E-state index contributed by atoms with van der Waals surface area (Å²) >= 11 is 5.67. The molecule has 0 bridgehead atoms. The van der Waals surface area contributed by atoms with Gasteiger partial charge in [0.1, 0.15) is 5.82 Å². The minimum atomic E-state index is -0.430. The van der Waals surface area contributed by atoms with Gasteiger partial charge in [0, 0.05) is 5.54 Å². The van der Waals surface area contributed by atoms with Gasteiger partial charge in [-0.2, -0.15) is 0 Å².